The van der Waals surface area contributed by atoms with Gasteiger partial charge >= 0.3 is 51.4 Å². The van der Waals surface area contributed by atoms with Gasteiger partial charge in [0, 0.05) is 11.9 Å². The van der Waals surface area contributed by atoms with Gasteiger partial charge in [-0.3, -0.25) is 0 Å². The molecule has 0 aliphatic heterocycles. The molecule has 1 unspecified atom stereocenters. The van der Waals surface area contributed by atoms with Crippen molar-refractivity contribution in [2.24, 2.45) is 0 Å². The number of rotatable bonds is 18. The summed E-state index contributed by atoms with van der Waals surface area (Å²) >= 11 is 0. The third-order valence-corrected chi connectivity index (χ3v) is 6.01. The predicted molar refractivity (Wildman–Crippen MR) is 100 cm³/mol. The van der Waals surface area contributed by atoms with E-state index in [9.17, 15) is 13.0 Å². The molecule has 0 heterocycles. The molecule has 0 aliphatic carbocycles. The molecule has 0 radical (unpaired) electrons. The molecule has 0 saturated carbocycles. The van der Waals surface area contributed by atoms with Gasteiger partial charge in [0.05, 0.1) is 10.1 Å². The Morgan fingerprint density at radius 3 is 1.44 bits per heavy atom. The second-order valence-electron chi connectivity index (χ2n) is 7.01. The maximum absolute atomic E-state index is 11.4. The van der Waals surface area contributed by atoms with E-state index in [0.717, 1.165) is 64.2 Å². The smallest absolute Gasteiger partial charge is 0.748 e. The van der Waals surface area contributed by atoms with Crippen LogP contribution in [0, 0.1) is 0 Å². The summed E-state index contributed by atoms with van der Waals surface area (Å²) in [6, 6.07) is 0. The second kappa shape index (κ2) is 20.2. The van der Waals surface area contributed by atoms with Crippen LogP contribution in [-0.4, -0.2) is 29.9 Å². The molecule has 0 saturated heterocycles. The van der Waals surface area contributed by atoms with E-state index in [-0.39, 0.29) is 58.0 Å². The number of hydrogen-bond acceptors (Lipinski definition) is 4. The van der Waals surface area contributed by atoms with Crippen molar-refractivity contribution in [1.29, 1.82) is 0 Å². The van der Waals surface area contributed by atoms with Crippen molar-refractivity contribution in [2.45, 2.75) is 115 Å². The molecule has 0 rings (SSSR count). The molecule has 0 aromatic heterocycles. The summed E-state index contributed by atoms with van der Waals surface area (Å²) in [7, 11) is -4.14. The average molecular weight is 403 g/mol. The van der Waals surface area contributed by atoms with Gasteiger partial charge in [-0.2, -0.15) is 0 Å². The SMILES string of the molecule is CCCCCCCCC(CCCCCCCCCCO)S(=O)(=O)[O-].[K+]. The largest absolute Gasteiger partial charge is 1.00 e. The minimum absolute atomic E-state index is 0. The Bertz CT molecular complexity index is 360. The number of hydrogen-bond donors (Lipinski definition) is 1. The Kier molecular flexibility index (Phi) is 23.3. The van der Waals surface area contributed by atoms with Gasteiger partial charge in [-0.05, 0) is 19.3 Å². The molecule has 1 atom stereocenters. The minimum atomic E-state index is -4.14. The number of aliphatic hydroxyl groups excluding tert-OH is 1. The van der Waals surface area contributed by atoms with Crippen LogP contribution in [0.4, 0.5) is 0 Å². The van der Waals surface area contributed by atoms with Gasteiger partial charge in [0.1, 0.15) is 0 Å². The first-order valence-electron chi connectivity index (χ1n) is 10.1. The molecule has 1 N–H and O–H groups in total. The zero-order valence-electron chi connectivity index (χ0n) is 16.7. The van der Waals surface area contributed by atoms with Crippen molar-refractivity contribution >= 4 is 10.1 Å². The molecule has 0 amide bonds. The van der Waals surface area contributed by atoms with E-state index in [1.165, 1.54) is 25.7 Å². The Labute approximate surface area is 199 Å². The Morgan fingerprint density at radius 2 is 1.08 bits per heavy atom. The van der Waals surface area contributed by atoms with Gasteiger partial charge in [0.2, 0.25) is 0 Å². The van der Waals surface area contributed by atoms with Crippen LogP contribution in [0.15, 0.2) is 0 Å². The van der Waals surface area contributed by atoms with Gasteiger partial charge in [0.15, 0.2) is 0 Å². The van der Waals surface area contributed by atoms with E-state index in [4.69, 9.17) is 5.11 Å². The summed E-state index contributed by atoms with van der Waals surface area (Å²) < 4.78 is 34.2. The molecule has 146 valence electrons. The summed E-state index contributed by atoms with van der Waals surface area (Å²) in [5, 5.41) is 8.02. The molecule has 0 fully saturated rings. The van der Waals surface area contributed by atoms with Crippen LogP contribution < -0.4 is 51.4 Å². The normalized spacial score (nSPS) is 12.8. The maximum atomic E-state index is 11.4. The quantitative estimate of drug-likeness (QED) is 0.216. The standard InChI is InChI=1S/C19H40O4S.K/c1-2-3-4-5-10-13-16-19(24(21,22)23)17-14-11-8-6-7-9-12-15-18-20;/h19-20H,2-18H2,1H3,(H,21,22,23);/q;+1/p-1. The number of unbranched alkanes of at least 4 members (excludes halogenated alkanes) is 12. The molecular formula is C19H39KO4S. The zero-order valence-corrected chi connectivity index (χ0v) is 20.6. The number of aliphatic hydroxyl groups is 1. The molecule has 4 nitrogen and oxygen atoms in total. The molecule has 0 bridgehead atoms. The molecule has 0 aromatic carbocycles. The average Bonchev–Trinajstić information content (AvgIpc) is 2.53. The third kappa shape index (κ3) is 20.1. The monoisotopic (exact) mass is 402 g/mol. The van der Waals surface area contributed by atoms with Crippen LogP contribution in [0.2, 0.25) is 0 Å². The topological polar surface area (TPSA) is 77.4 Å². The first-order chi connectivity index (χ1) is 11.5. The van der Waals surface area contributed by atoms with Crippen molar-refractivity contribution < 1.29 is 69.5 Å². The molecule has 0 spiro atoms. The molecule has 6 heteroatoms. The fraction of sp³-hybridized carbons (Fsp3) is 1.00. The molecular weight excluding hydrogens is 363 g/mol. The fourth-order valence-corrected chi connectivity index (χ4v) is 4.04. The van der Waals surface area contributed by atoms with Crippen molar-refractivity contribution in [2.75, 3.05) is 6.61 Å². The summed E-state index contributed by atoms with van der Waals surface area (Å²) in [4.78, 5) is 0. The van der Waals surface area contributed by atoms with Gasteiger partial charge in [0.25, 0.3) is 0 Å². The van der Waals surface area contributed by atoms with Gasteiger partial charge in [-0.1, -0.05) is 90.4 Å². The van der Waals surface area contributed by atoms with E-state index in [2.05, 4.69) is 6.92 Å². The van der Waals surface area contributed by atoms with E-state index in [1.54, 1.807) is 0 Å². The van der Waals surface area contributed by atoms with Crippen LogP contribution in [0.25, 0.3) is 0 Å². The summed E-state index contributed by atoms with van der Waals surface area (Å²) in [6.07, 6.45) is 16.2. The first-order valence-corrected chi connectivity index (χ1v) is 11.5. The van der Waals surface area contributed by atoms with Crippen molar-refractivity contribution in [3.63, 3.8) is 0 Å². The summed E-state index contributed by atoms with van der Waals surface area (Å²) in [5.41, 5.74) is 0. The first kappa shape index (κ1) is 28.7. The van der Waals surface area contributed by atoms with Crippen LogP contribution in [0.5, 0.6) is 0 Å². The molecule has 0 aliphatic rings. The van der Waals surface area contributed by atoms with Crippen LogP contribution >= 0.6 is 0 Å². The summed E-state index contributed by atoms with van der Waals surface area (Å²) in [5.74, 6) is 0. The van der Waals surface area contributed by atoms with E-state index < -0.39 is 15.4 Å². The molecule has 25 heavy (non-hydrogen) atoms. The fourth-order valence-electron chi connectivity index (χ4n) is 3.13. The second-order valence-corrected chi connectivity index (χ2v) is 8.66. The van der Waals surface area contributed by atoms with Crippen molar-refractivity contribution in [3.8, 4) is 0 Å². The third-order valence-electron chi connectivity index (χ3n) is 4.72. The zero-order chi connectivity index (χ0) is 18.1. The van der Waals surface area contributed by atoms with Gasteiger partial charge < -0.3 is 9.66 Å². The summed E-state index contributed by atoms with van der Waals surface area (Å²) in [6.45, 7) is 2.46. The predicted octanol–water partition coefficient (Wildman–Crippen LogP) is 2.16. The van der Waals surface area contributed by atoms with Crippen molar-refractivity contribution in [3.05, 3.63) is 0 Å². The van der Waals surface area contributed by atoms with Crippen LogP contribution in [0.1, 0.15) is 110 Å². The minimum Gasteiger partial charge on any atom is -0.748 e. The van der Waals surface area contributed by atoms with E-state index in [1.807, 2.05) is 0 Å². The van der Waals surface area contributed by atoms with E-state index in [0.29, 0.717) is 12.8 Å². The Morgan fingerprint density at radius 1 is 0.720 bits per heavy atom. The van der Waals surface area contributed by atoms with E-state index >= 15 is 0 Å². The maximum Gasteiger partial charge on any atom is 1.00 e. The van der Waals surface area contributed by atoms with Gasteiger partial charge in [-0.25, -0.2) is 8.42 Å². The Balaban J connectivity index is 0. The van der Waals surface area contributed by atoms with Crippen LogP contribution in [-0.2, 0) is 10.1 Å². The van der Waals surface area contributed by atoms with Gasteiger partial charge in [-0.15, -0.1) is 0 Å². The van der Waals surface area contributed by atoms with Crippen molar-refractivity contribution in [1.82, 2.24) is 0 Å². The molecule has 0 aromatic rings. The van der Waals surface area contributed by atoms with Crippen LogP contribution in [0.3, 0.4) is 0 Å². The Hall–Kier alpha value is 1.51.